The zero-order valence-corrected chi connectivity index (χ0v) is 26.5. The fraction of sp³-hybridized carbons (Fsp3) is 0.433. The van der Waals surface area contributed by atoms with Crippen LogP contribution in [0.25, 0.3) is 11.3 Å². The molecule has 2 aromatic heterocycles. The van der Waals surface area contributed by atoms with Gasteiger partial charge >= 0.3 is 0 Å². The highest BCUT2D eigenvalue weighted by Gasteiger charge is 2.46. The second-order valence-corrected chi connectivity index (χ2v) is 12.6. The molecule has 2 aliphatic heterocycles. The van der Waals surface area contributed by atoms with Crippen LogP contribution in [0.5, 0.6) is 0 Å². The highest BCUT2D eigenvalue weighted by Crippen LogP contribution is 2.29. The molecule has 5 rings (SSSR count). The smallest absolute Gasteiger partial charge is 0.291 e. The summed E-state index contributed by atoms with van der Waals surface area (Å²) in [4.78, 5) is 52.0. The number of benzene rings is 1. The highest BCUT2D eigenvalue weighted by molar-refractivity contribution is 6.34. The number of halogens is 3. The first-order valence-corrected chi connectivity index (χ1v) is 14.8. The quantitative estimate of drug-likeness (QED) is 0.311. The number of aromatic nitrogens is 3. The summed E-state index contributed by atoms with van der Waals surface area (Å²) in [6.07, 6.45) is 1.17. The Morgan fingerprint density at radius 3 is 2.36 bits per heavy atom. The van der Waals surface area contributed by atoms with E-state index in [4.69, 9.17) is 11.6 Å². The Bertz CT molecular complexity index is 1650. The molecule has 2 aliphatic rings. The molecule has 2 fully saturated rings. The molecule has 0 unspecified atom stereocenters. The SMILES string of the molecule is CN(C)c1nc(F)c(-c2cnc(C(=O)Nc3ccc(C(=O)N4CCN(C(=O)[C@@H]5C[C@@H](O)C[N+]5(C)C)CC4)c(Cl)c3)n2C)cc1F. The molecule has 0 bridgehead atoms. The van der Waals surface area contributed by atoms with Gasteiger partial charge in [0.05, 0.1) is 42.1 Å². The van der Waals surface area contributed by atoms with Crippen molar-refractivity contribution < 1.29 is 32.8 Å². The number of pyridine rings is 1. The van der Waals surface area contributed by atoms with Crippen molar-refractivity contribution in [1.29, 1.82) is 0 Å². The molecule has 1 aromatic carbocycles. The van der Waals surface area contributed by atoms with Crippen molar-refractivity contribution in [2.75, 3.05) is 71.1 Å². The molecule has 3 amide bonds. The number of amides is 3. The number of piperazine rings is 1. The van der Waals surface area contributed by atoms with E-state index in [9.17, 15) is 28.3 Å². The van der Waals surface area contributed by atoms with Gasteiger partial charge in [-0.1, -0.05) is 11.6 Å². The van der Waals surface area contributed by atoms with Crippen molar-refractivity contribution in [3.05, 3.63) is 58.6 Å². The second-order valence-electron chi connectivity index (χ2n) is 12.2. The predicted octanol–water partition coefficient (Wildman–Crippen LogP) is 2.23. The topological polar surface area (TPSA) is 124 Å². The van der Waals surface area contributed by atoms with Crippen molar-refractivity contribution in [3.63, 3.8) is 0 Å². The van der Waals surface area contributed by atoms with Gasteiger partial charge in [0.2, 0.25) is 5.95 Å². The summed E-state index contributed by atoms with van der Waals surface area (Å²) in [7, 11) is 8.45. The van der Waals surface area contributed by atoms with Crippen molar-refractivity contribution in [2.24, 2.45) is 7.05 Å². The monoisotopic (exact) mass is 645 g/mol. The van der Waals surface area contributed by atoms with E-state index in [1.165, 1.54) is 40.9 Å². The van der Waals surface area contributed by atoms with Crippen molar-refractivity contribution in [3.8, 4) is 11.3 Å². The third-order valence-electron chi connectivity index (χ3n) is 8.44. The van der Waals surface area contributed by atoms with Crippen LogP contribution in [-0.2, 0) is 11.8 Å². The Kier molecular flexibility index (Phi) is 8.84. The summed E-state index contributed by atoms with van der Waals surface area (Å²) in [6, 6.07) is 5.18. The predicted molar refractivity (Wildman–Crippen MR) is 164 cm³/mol. The number of hydrogen-bond acceptors (Lipinski definition) is 7. The van der Waals surface area contributed by atoms with E-state index in [1.54, 1.807) is 23.9 Å². The minimum absolute atomic E-state index is 0.0159. The maximum atomic E-state index is 14.7. The number of carbonyl (C=O) groups excluding carboxylic acids is 3. The van der Waals surface area contributed by atoms with Gasteiger partial charge in [-0.15, -0.1) is 0 Å². The van der Waals surface area contributed by atoms with Gasteiger partial charge in [-0.2, -0.15) is 9.37 Å². The molecule has 0 spiro atoms. The van der Waals surface area contributed by atoms with E-state index < -0.39 is 23.8 Å². The number of hydrogen-bond donors (Lipinski definition) is 2. The van der Waals surface area contributed by atoms with Crippen LogP contribution in [0.4, 0.5) is 20.3 Å². The summed E-state index contributed by atoms with van der Waals surface area (Å²) in [5.41, 5.74) is 0.550. The highest BCUT2D eigenvalue weighted by atomic mass is 35.5. The van der Waals surface area contributed by atoms with Crippen LogP contribution >= 0.6 is 11.6 Å². The molecule has 2 saturated heterocycles. The Morgan fingerprint density at radius 2 is 1.76 bits per heavy atom. The van der Waals surface area contributed by atoms with Gasteiger partial charge in [0.25, 0.3) is 17.7 Å². The molecular formula is C30H36ClF2N8O4+. The Labute approximate surface area is 264 Å². The van der Waals surface area contributed by atoms with Crippen LogP contribution in [0.3, 0.4) is 0 Å². The van der Waals surface area contributed by atoms with Gasteiger partial charge in [0.1, 0.15) is 12.6 Å². The van der Waals surface area contributed by atoms with Gasteiger partial charge in [0.15, 0.2) is 23.5 Å². The van der Waals surface area contributed by atoms with Crippen LogP contribution in [0, 0.1) is 11.8 Å². The van der Waals surface area contributed by atoms with Crippen LogP contribution in [0.2, 0.25) is 5.02 Å². The van der Waals surface area contributed by atoms with Crippen LogP contribution < -0.4 is 10.2 Å². The minimum Gasteiger partial charge on any atom is -0.387 e. The molecule has 240 valence electrons. The van der Waals surface area contributed by atoms with Gasteiger partial charge in [0, 0.05) is 59.4 Å². The third kappa shape index (κ3) is 6.35. The van der Waals surface area contributed by atoms with Crippen LogP contribution in [0.15, 0.2) is 30.5 Å². The second kappa shape index (κ2) is 12.3. The number of nitrogens with one attached hydrogen (secondary N) is 1. The fourth-order valence-corrected chi connectivity index (χ4v) is 6.23. The van der Waals surface area contributed by atoms with Crippen LogP contribution in [0.1, 0.15) is 27.4 Å². The van der Waals surface area contributed by atoms with Crippen LogP contribution in [-0.4, -0.2) is 125 Å². The number of nitrogens with zero attached hydrogens (tertiary/aromatic N) is 7. The maximum Gasteiger partial charge on any atom is 0.291 e. The van der Waals surface area contributed by atoms with E-state index in [0.29, 0.717) is 49.3 Å². The number of anilines is 2. The Morgan fingerprint density at radius 1 is 1.09 bits per heavy atom. The zero-order chi connectivity index (χ0) is 32.8. The molecule has 2 N–H and O–H groups in total. The molecule has 0 radical (unpaired) electrons. The van der Waals surface area contributed by atoms with E-state index in [2.05, 4.69) is 15.3 Å². The number of likely N-dealkylation sites (tertiary alicyclic amines) is 1. The number of rotatable bonds is 6. The van der Waals surface area contributed by atoms with Gasteiger partial charge < -0.3 is 34.2 Å². The summed E-state index contributed by atoms with van der Waals surface area (Å²) in [5, 5.41) is 12.9. The molecule has 3 aromatic rings. The average Bonchev–Trinajstić information content (AvgIpc) is 3.50. The lowest BCUT2D eigenvalue weighted by molar-refractivity contribution is -0.894. The summed E-state index contributed by atoms with van der Waals surface area (Å²) in [5.74, 6) is -2.80. The lowest BCUT2D eigenvalue weighted by atomic mass is 10.1. The number of likely N-dealkylation sites (N-methyl/N-ethyl adjacent to an activating group) is 1. The molecule has 15 heteroatoms. The summed E-state index contributed by atoms with van der Waals surface area (Å²) >= 11 is 6.47. The summed E-state index contributed by atoms with van der Waals surface area (Å²) < 4.78 is 31.0. The fourth-order valence-electron chi connectivity index (χ4n) is 5.97. The number of aliphatic hydroxyl groups is 1. The largest absolute Gasteiger partial charge is 0.387 e. The molecular weight excluding hydrogens is 610 g/mol. The number of carbonyl (C=O) groups is 3. The zero-order valence-electron chi connectivity index (χ0n) is 25.7. The lowest BCUT2D eigenvalue weighted by Gasteiger charge is -2.38. The van der Waals surface area contributed by atoms with Crippen molar-refractivity contribution >= 4 is 40.8 Å². The first-order chi connectivity index (χ1) is 21.2. The van der Waals surface area contributed by atoms with Gasteiger partial charge in [-0.3, -0.25) is 14.4 Å². The number of aliphatic hydroxyl groups excluding tert-OH is 1. The van der Waals surface area contributed by atoms with E-state index in [0.717, 1.165) is 6.07 Å². The van der Waals surface area contributed by atoms with E-state index in [1.807, 2.05) is 14.1 Å². The molecule has 4 heterocycles. The molecule has 2 atom stereocenters. The molecule has 0 saturated carbocycles. The molecule has 12 nitrogen and oxygen atoms in total. The lowest BCUT2D eigenvalue weighted by Crippen LogP contribution is -2.58. The van der Waals surface area contributed by atoms with Crippen molar-refractivity contribution in [2.45, 2.75) is 18.6 Å². The standard InChI is InChI=1S/C30H35ClF2N8O4/c1-37(2)26-22(32)14-20(25(33)36-26)23-15-34-27(38(23)3)28(43)35-17-6-7-19(21(31)12-17)29(44)39-8-10-40(11-9-39)30(45)24-13-18(42)16-41(24,4)5/h6-7,12,14-15,18,24,42H,8-11,13,16H2,1-5H3/p+1/t18-,24+/m1/s1. The van der Waals surface area contributed by atoms with E-state index in [-0.39, 0.29) is 51.3 Å². The first-order valence-electron chi connectivity index (χ1n) is 14.4. The molecule has 0 aliphatic carbocycles. The third-order valence-corrected chi connectivity index (χ3v) is 8.76. The number of imidazole rings is 1. The Balaban J connectivity index is 1.22. The minimum atomic E-state index is -0.910. The van der Waals surface area contributed by atoms with Gasteiger partial charge in [-0.05, 0) is 24.3 Å². The maximum absolute atomic E-state index is 14.7. The first kappa shape index (κ1) is 32.3. The van der Waals surface area contributed by atoms with Gasteiger partial charge in [-0.25, -0.2) is 9.37 Å². The average molecular weight is 646 g/mol. The molecule has 45 heavy (non-hydrogen) atoms. The Hall–Kier alpha value is -4.14. The normalized spacial score (nSPS) is 19.5. The number of quaternary nitrogens is 1. The van der Waals surface area contributed by atoms with E-state index >= 15 is 0 Å². The van der Waals surface area contributed by atoms with Crippen molar-refractivity contribution in [1.82, 2.24) is 24.3 Å². The summed E-state index contributed by atoms with van der Waals surface area (Å²) in [6.45, 7) is 1.95.